The first-order valence-electron chi connectivity index (χ1n) is 8.97. The lowest BCUT2D eigenvalue weighted by Gasteiger charge is -2.40. The molecule has 1 aromatic carbocycles. The van der Waals surface area contributed by atoms with Crippen molar-refractivity contribution in [2.45, 2.75) is 43.9 Å². The maximum atomic E-state index is 13.9. The average Bonchev–Trinajstić information content (AvgIpc) is 2.81. The zero-order valence-electron chi connectivity index (χ0n) is 15.9. The van der Waals surface area contributed by atoms with Crippen molar-refractivity contribution >= 4 is 0 Å². The topological polar surface area (TPSA) is 46.8 Å². The first kappa shape index (κ1) is 21.9. The molecule has 1 radical (unpaired) electrons. The summed E-state index contributed by atoms with van der Waals surface area (Å²) in [6, 6.07) is 3.74. The van der Waals surface area contributed by atoms with Crippen LogP contribution < -0.4 is 10.1 Å². The SMILES string of the molecule is COc1ccc(F)cc1C(C)(C)CC(O)(CN1CCC[N]CC1)C(F)(F)F. The minimum atomic E-state index is -4.83. The van der Waals surface area contributed by atoms with Gasteiger partial charge in [0.1, 0.15) is 11.6 Å². The standard InChI is InChI=1S/C19H27F4N2O2/c1-17(2,15-11-14(20)5-6-16(15)27-3)12-18(26,19(21,22)23)13-25-9-4-7-24-8-10-25/h5-6,11,26H,4,7-10,12-13H2,1-3H3. The lowest BCUT2D eigenvalue weighted by molar-refractivity contribution is -0.271. The predicted octanol–water partition coefficient (Wildman–Crippen LogP) is 3.11. The lowest BCUT2D eigenvalue weighted by atomic mass is 9.74. The highest BCUT2D eigenvalue weighted by Gasteiger charge is 2.56. The molecule has 1 aliphatic rings. The van der Waals surface area contributed by atoms with Crippen LogP contribution in [0.4, 0.5) is 17.6 Å². The van der Waals surface area contributed by atoms with Gasteiger partial charge in [0.25, 0.3) is 0 Å². The van der Waals surface area contributed by atoms with Crippen LogP contribution in [0.15, 0.2) is 18.2 Å². The van der Waals surface area contributed by atoms with Crippen molar-refractivity contribution in [1.82, 2.24) is 10.2 Å². The van der Waals surface area contributed by atoms with E-state index < -0.39 is 36.0 Å². The van der Waals surface area contributed by atoms with E-state index in [1.807, 2.05) is 0 Å². The first-order chi connectivity index (χ1) is 12.5. The first-order valence-corrected chi connectivity index (χ1v) is 8.97. The van der Waals surface area contributed by atoms with Gasteiger partial charge >= 0.3 is 6.18 Å². The van der Waals surface area contributed by atoms with Crippen LogP contribution in [0.3, 0.4) is 0 Å². The second-order valence-electron chi connectivity index (χ2n) is 7.74. The van der Waals surface area contributed by atoms with Crippen LogP contribution in [-0.2, 0) is 5.41 Å². The van der Waals surface area contributed by atoms with Crippen LogP contribution in [0.1, 0.15) is 32.3 Å². The molecule has 153 valence electrons. The minimum absolute atomic E-state index is 0.290. The monoisotopic (exact) mass is 391 g/mol. The molecule has 1 fully saturated rings. The molecule has 0 saturated carbocycles. The van der Waals surface area contributed by atoms with E-state index in [1.165, 1.54) is 25.3 Å². The van der Waals surface area contributed by atoms with Crippen LogP contribution in [0.5, 0.6) is 5.75 Å². The molecule has 8 heteroatoms. The summed E-state index contributed by atoms with van der Waals surface area (Å²) in [6.45, 7) is 4.47. The molecule has 1 atom stereocenters. The molecule has 0 aliphatic carbocycles. The van der Waals surface area contributed by atoms with E-state index in [2.05, 4.69) is 5.32 Å². The number of ether oxygens (including phenoxy) is 1. The van der Waals surface area contributed by atoms with Gasteiger partial charge < -0.3 is 9.84 Å². The van der Waals surface area contributed by atoms with Crippen LogP contribution in [0, 0.1) is 5.82 Å². The number of halogens is 4. The van der Waals surface area contributed by atoms with E-state index in [0.29, 0.717) is 43.9 Å². The summed E-state index contributed by atoms with van der Waals surface area (Å²) in [7, 11) is 1.38. The van der Waals surface area contributed by atoms with Crippen LogP contribution in [0.2, 0.25) is 0 Å². The number of aliphatic hydroxyl groups is 1. The molecule has 1 N–H and O–H groups in total. The summed E-state index contributed by atoms with van der Waals surface area (Å²) >= 11 is 0. The fourth-order valence-electron chi connectivity index (χ4n) is 3.65. The molecule has 1 aliphatic heterocycles. The van der Waals surface area contributed by atoms with Crippen LogP contribution in [0.25, 0.3) is 0 Å². The number of hydrogen-bond acceptors (Lipinski definition) is 3. The summed E-state index contributed by atoms with van der Waals surface area (Å²) in [5.41, 5.74) is -3.81. The molecule has 1 aromatic rings. The number of benzene rings is 1. The Bertz CT molecular complexity index is 629. The second kappa shape index (κ2) is 8.32. The molecule has 0 amide bonds. The van der Waals surface area contributed by atoms with Crippen molar-refractivity contribution in [3.05, 3.63) is 29.6 Å². The Morgan fingerprint density at radius 1 is 1.19 bits per heavy atom. The van der Waals surface area contributed by atoms with Gasteiger partial charge in [-0.25, -0.2) is 9.71 Å². The summed E-state index contributed by atoms with van der Waals surface area (Å²) in [5, 5.41) is 14.9. The fraction of sp³-hybridized carbons (Fsp3) is 0.684. The molecule has 2 rings (SSSR count). The van der Waals surface area contributed by atoms with E-state index in [0.717, 1.165) is 0 Å². The molecule has 27 heavy (non-hydrogen) atoms. The molecule has 1 heterocycles. The van der Waals surface area contributed by atoms with E-state index >= 15 is 0 Å². The van der Waals surface area contributed by atoms with Gasteiger partial charge in [-0.2, -0.15) is 13.2 Å². The molecular formula is C19H27F4N2O2. The molecule has 4 nitrogen and oxygen atoms in total. The van der Waals surface area contributed by atoms with Gasteiger partial charge in [0, 0.05) is 31.7 Å². The molecular weight excluding hydrogens is 364 g/mol. The van der Waals surface area contributed by atoms with Crippen LogP contribution in [-0.4, -0.2) is 61.6 Å². The Labute approximate surface area is 157 Å². The lowest BCUT2D eigenvalue weighted by Crippen LogP contribution is -2.56. The van der Waals surface area contributed by atoms with E-state index in [-0.39, 0.29) is 0 Å². The maximum absolute atomic E-state index is 13.9. The van der Waals surface area contributed by atoms with E-state index in [4.69, 9.17) is 4.74 Å². The third-order valence-corrected chi connectivity index (χ3v) is 5.00. The van der Waals surface area contributed by atoms with Crippen molar-refractivity contribution in [3.63, 3.8) is 0 Å². The Morgan fingerprint density at radius 3 is 2.52 bits per heavy atom. The third kappa shape index (κ3) is 5.33. The van der Waals surface area contributed by atoms with Crippen molar-refractivity contribution < 1.29 is 27.4 Å². The minimum Gasteiger partial charge on any atom is -0.496 e. The van der Waals surface area contributed by atoms with Crippen molar-refractivity contribution in [2.75, 3.05) is 39.8 Å². The summed E-state index contributed by atoms with van der Waals surface area (Å²) in [4.78, 5) is 1.60. The number of nitrogens with zero attached hydrogens (tertiary/aromatic N) is 2. The summed E-state index contributed by atoms with van der Waals surface area (Å²) in [5.74, 6) is -0.275. The molecule has 1 saturated heterocycles. The zero-order valence-corrected chi connectivity index (χ0v) is 15.9. The number of rotatable bonds is 6. The third-order valence-electron chi connectivity index (χ3n) is 5.00. The second-order valence-corrected chi connectivity index (χ2v) is 7.74. The van der Waals surface area contributed by atoms with Crippen molar-refractivity contribution in [1.29, 1.82) is 0 Å². The van der Waals surface area contributed by atoms with Crippen molar-refractivity contribution in [2.24, 2.45) is 0 Å². The number of β-amino-alcohol motifs (C(OH)–C–C–N with tert-alkyl or cyclic N) is 1. The number of alkyl halides is 3. The van der Waals surface area contributed by atoms with Gasteiger partial charge in [-0.3, -0.25) is 4.90 Å². The molecule has 0 spiro atoms. The molecule has 0 aromatic heterocycles. The fourth-order valence-corrected chi connectivity index (χ4v) is 3.65. The quantitative estimate of drug-likeness (QED) is 0.758. The van der Waals surface area contributed by atoms with E-state index in [1.54, 1.807) is 18.7 Å². The van der Waals surface area contributed by atoms with Gasteiger partial charge in [-0.1, -0.05) is 13.8 Å². The smallest absolute Gasteiger partial charge is 0.418 e. The molecule has 0 bridgehead atoms. The Morgan fingerprint density at radius 2 is 1.89 bits per heavy atom. The average molecular weight is 391 g/mol. The van der Waals surface area contributed by atoms with Gasteiger partial charge in [-0.15, -0.1) is 0 Å². The highest BCUT2D eigenvalue weighted by molar-refractivity contribution is 5.39. The number of hydrogen-bond donors (Lipinski definition) is 1. The summed E-state index contributed by atoms with van der Waals surface area (Å²) < 4.78 is 60.5. The maximum Gasteiger partial charge on any atom is 0.418 e. The van der Waals surface area contributed by atoms with Crippen molar-refractivity contribution in [3.8, 4) is 5.75 Å². The Kier molecular flexibility index (Phi) is 6.76. The highest BCUT2D eigenvalue weighted by atomic mass is 19.4. The molecule has 1 unspecified atom stereocenters. The largest absolute Gasteiger partial charge is 0.496 e. The predicted molar refractivity (Wildman–Crippen MR) is 94.5 cm³/mol. The van der Waals surface area contributed by atoms with Gasteiger partial charge in [0.15, 0.2) is 5.60 Å². The van der Waals surface area contributed by atoms with Crippen LogP contribution >= 0.6 is 0 Å². The van der Waals surface area contributed by atoms with Gasteiger partial charge in [0.2, 0.25) is 0 Å². The highest BCUT2D eigenvalue weighted by Crippen LogP contribution is 2.44. The Balaban J connectivity index is 2.32. The van der Waals surface area contributed by atoms with Gasteiger partial charge in [0.05, 0.1) is 7.11 Å². The van der Waals surface area contributed by atoms with E-state index in [9.17, 15) is 22.7 Å². The summed E-state index contributed by atoms with van der Waals surface area (Å²) in [6.07, 6.45) is -4.78. The normalized spacial score (nSPS) is 19.4. The Hall–Kier alpha value is -1.38. The van der Waals surface area contributed by atoms with Gasteiger partial charge in [-0.05, 0) is 43.0 Å². The number of methoxy groups -OCH3 is 1. The zero-order chi connectivity index (χ0) is 20.3.